The number of nitrogen functional groups attached to an aromatic ring is 1. The lowest BCUT2D eigenvalue weighted by Crippen LogP contribution is -2.10. The zero-order chi connectivity index (χ0) is 15.4. The Balaban J connectivity index is 2.38. The number of H-pyrrole nitrogens is 1. The number of non-ortho nitro benzene ring substituents is 1. The average molecular weight is 291 g/mol. The Kier molecular flexibility index (Phi) is 3.98. The molecule has 1 heterocycles. The number of pyridine rings is 1. The van der Waals surface area contributed by atoms with Gasteiger partial charge in [-0.05, 0) is 6.07 Å². The van der Waals surface area contributed by atoms with Gasteiger partial charge in [-0.3, -0.25) is 10.1 Å². The van der Waals surface area contributed by atoms with Gasteiger partial charge in [0.25, 0.3) is 5.69 Å². The van der Waals surface area contributed by atoms with Gasteiger partial charge in [-0.2, -0.15) is 0 Å². The average Bonchev–Trinajstić information content (AvgIpc) is 2.44. The number of hydrogen-bond donors (Lipinski definition) is 2. The molecule has 2 aromatic rings. The Labute approximate surface area is 118 Å². The lowest BCUT2D eigenvalue weighted by atomic mass is 10.2. The van der Waals surface area contributed by atoms with Crippen molar-refractivity contribution in [1.82, 2.24) is 0 Å². The van der Waals surface area contributed by atoms with Crippen LogP contribution in [0.5, 0.6) is 11.5 Å². The summed E-state index contributed by atoms with van der Waals surface area (Å²) < 4.78 is 19.2. The number of rotatable bonds is 4. The number of nitro benzene ring substituents is 1. The van der Waals surface area contributed by atoms with Crippen LogP contribution in [-0.4, -0.2) is 4.92 Å². The van der Waals surface area contributed by atoms with Crippen LogP contribution in [0, 0.1) is 15.9 Å². The monoisotopic (exact) mass is 291 g/mol. The summed E-state index contributed by atoms with van der Waals surface area (Å²) in [6.07, 6.45) is 4.31. The molecule has 0 amide bonds. The molecule has 0 aliphatic heterocycles. The standard InChI is InChI=1S/C13H11FN4O3/c14-10-6-9(18(19)20)1-2-12(10)21-13-5-8(16)7-17-11(13)3-4-15/h1-7H,15-16H2/p+1. The number of anilines is 1. The number of aromatic amines is 1. The molecule has 2 rings (SSSR count). The Morgan fingerprint density at radius 1 is 1.33 bits per heavy atom. The van der Waals surface area contributed by atoms with Gasteiger partial charge in [0.15, 0.2) is 17.8 Å². The third-order valence-electron chi connectivity index (χ3n) is 2.57. The quantitative estimate of drug-likeness (QED) is 0.658. The number of benzene rings is 1. The van der Waals surface area contributed by atoms with Crippen molar-refractivity contribution in [3.05, 3.63) is 58.3 Å². The van der Waals surface area contributed by atoms with E-state index in [1.807, 2.05) is 0 Å². The van der Waals surface area contributed by atoms with Crippen LogP contribution in [0.3, 0.4) is 0 Å². The van der Waals surface area contributed by atoms with Gasteiger partial charge in [0.05, 0.1) is 11.0 Å². The van der Waals surface area contributed by atoms with E-state index in [1.54, 1.807) is 0 Å². The van der Waals surface area contributed by atoms with Crippen molar-refractivity contribution in [3.63, 3.8) is 0 Å². The molecule has 0 saturated carbocycles. The smallest absolute Gasteiger partial charge is 0.272 e. The summed E-state index contributed by atoms with van der Waals surface area (Å²) >= 11 is 0. The molecule has 1 aromatic carbocycles. The van der Waals surface area contributed by atoms with Crippen molar-refractivity contribution in [2.45, 2.75) is 0 Å². The Morgan fingerprint density at radius 2 is 2.10 bits per heavy atom. The minimum absolute atomic E-state index is 0.161. The highest BCUT2D eigenvalue weighted by molar-refractivity contribution is 5.55. The Hall–Kier alpha value is -3.16. The Bertz CT molecular complexity index is 719. The van der Waals surface area contributed by atoms with Crippen LogP contribution < -0.4 is 21.2 Å². The number of ether oxygens (including phenoxy) is 1. The van der Waals surface area contributed by atoms with Gasteiger partial charge in [0, 0.05) is 24.4 Å². The normalized spacial score (nSPS) is 10.7. The fourth-order valence-corrected chi connectivity index (χ4v) is 1.62. The van der Waals surface area contributed by atoms with Crippen LogP contribution in [0.15, 0.2) is 36.7 Å². The lowest BCUT2D eigenvalue weighted by molar-refractivity contribution is -0.385. The third kappa shape index (κ3) is 3.24. The van der Waals surface area contributed by atoms with E-state index in [-0.39, 0.29) is 17.2 Å². The summed E-state index contributed by atoms with van der Waals surface area (Å²) in [6.45, 7) is 0. The lowest BCUT2D eigenvalue weighted by Gasteiger charge is -2.06. The molecule has 108 valence electrons. The molecule has 5 N–H and O–H groups in total. The van der Waals surface area contributed by atoms with Crippen LogP contribution in [0.2, 0.25) is 0 Å². The van der Waals surface area contributed by atoms with Crippen LogP contribution in [0.25, 0.3) is 6.08 Å². The van der Waals surface area contributed by atoms with Gasteiger partial charge < -0.3 is 16.2 Å². The first kappa shape index (κ1) is 14.3. The van der Waals surface area contributed by atoms with Gasteiger partial charge in [-0.15, -0.1) is 0 Å². The molecular formula is C13H12FN4O3+. The van der Waals surface area contributed by atoms with Crippen molar-refractivity contribution in [2.24, 2.45) is 5.73 Å². The number of halogens is 1. The van der Waals surface area contributed by atoms with Gasteiger partial charge in [-0.25, -0.2) is 9.37 Å². The molecule has 0 aliphatic rings. The second-order valence-corrected chi connectivity index (χ2v) is 4.04. The minimum Gasteiger partial charge on any atom is -0.447 e. The van der Waals surface area contributed by atoms with E-state index in [9.17, 15) is 14.5 Å². The highest BCUT2D eigenvalue weighted by Crippen LogP contribution is 2.29. The van der Waals surface area contributed by atoms with Crippen molar-refractivity contribution in [3.8, 4) is 11.5 Å². The SMILES string of the molecule is NC=Cc1[nH+]cc(N)cc1Oc1ccc([N+](=O)[O-])cc1F. The van der Waals surface area contributed by atoms with Crippen LogP contribution in [0.4, 0.5) is 15.8 Å². The van der Waals surface area contributed by atoms with Crippen molar-refractivity contribution in [2.75, 3.05) is 5.73 Å². The molecule has 7 nitrogen and oxygen atoms in total. The van der Waals surface area contributed by atoms with E-state index in [0.717, 1.165) is 12.1 Å². The zero-order valence-corrected chi connectivity index (χ0v) is 10.7. The van der Waals surface area contributed by atoms with Gasteiger partial charge in [-0.1, -0.05) is 0 Å². The highest BCUT2D eigenvalue weighted by Gasteiger charge is 2.16. The first-order valence-corrected chi connectivity index (χ1v) is 5.82. The largest absolute Gasteiger partial charge is 0.447 e. The van der Waals surface area contributed by atoms with Gasteiger partial charge in [0.2, 0.25) is 11.4 Å². The molecule has 0 atom stereocenters. The van der Waals surface area contributed by atoms with E-state index in [2.05, 4.69) is 4.98 Å². The predicted molar refractivity (Wildman–Crippen MR) is 73.8 cm³/mol. The third-order valence-corrected chi connectivity index (χ3v) is 2.57. The molecule has 0 unspecified atom stereocenters. The van der Waals surface area contributed by atoms with Crippen molar-refractivity contribution < 1.29 is 19.0 Å². The van der Waals surface area contributed by atoms with E-state index >= 15 is 0 Å². The minimum atomic E-state index is -0.852. The maximum Gasteiger partial charge on any atom is 0.272 e. The maximum absolute atomic E-state index is 13.8. The number of nitrogens with two attached hydrogens (primary N) is 2. The zero-order valence-electron chi connectivity index (χ0n) is 10.7. The number of nitrogens with one attached hydrogen (secondary N) is 1. The molecule has 0 saturated heterocycles. The number of nitro groups is 1. The number of hydrogen-bond acceptors (Lipinski definition) is 5. The van der Waals surface area contributed by atoms with Gasteiger partial charge >= 0.3 is 0 Å². The molecule has 0 bridgehead atoms. The summed E-state index contributed by atoms with van der Waals surface area (Å²) in [5.41, 5.74) is 11.4. The van der Waals surface area contributed by atoms with Crippen LogP contribution >= 0.6 is 0 Å². The summed E-state index contributed by atoms with van der Waals surface area (Å²) in [5.74, 6) is -0.773. The number of aromatic nitrogens is 1. The van der Waals surface area contributed by atoms with Gasteiger partial charge in [0.1, 0.15) is 5.69 Å². The van der Waals surface area contributed by atoms with E-state index in [0.29, 0.717) is 11.4 Å². The predicted octanol–water partition coefficient (Wildman–Crippen LogP) is 1.85. The second-order valence-electron chi connectivity index (χ2n) is 4.04. The maximum atomic E-state index is 13.8. The van der Waals surface area contributed by atoms with Crippen LogP contribution in [-0.2, 0) is 0 Å². The highest BCUT2D eigenvalue weighted by atomic mass is 19.1. The molecule has 8 heteroatoms. The first-order valence-electron chi connectivity index (χ1n) is 5.82. The van der Waals surface area contributed by atoms with E-state index in [4.69, 9.17) is 16.2 Å². The number of nitrogens with zero attached hydrogens (tertiary/aromatic N) is 1. The summed E-state index contributed by atoms with van der Waals surface area (Å²) in [7, 11) is 0. The summed E-state index contributed by atoms with van der Waals surface area (Å²) in [6, 6.07) is 4.58. The first-order chi connectivity index (χ1) is 10.0. The van der Waals surface area contributed by atoms with E-state index in [1.165, 1.54) is 30.6 Å². The van der Waals surface area contributed by atoms with Crippen molar-refractivity contribution >= 4 is 17.5 Å². The van der Waals surface area contributed by atoms with E-state index < -0.39 is 10.7 Å². The molecule has 21 heavy (non-hydrogen) atoms. The fraction of sp³-hybridized carbons (Fsp3) is 0. The molecule has 0 spiro atoms. The second kappa shape index (κ2) is 5.87. The Morgan fingerprint density at radius 3 is 2.71 bits per heavy atom. The topological polar surface area (TPSA) is 119 Å². The summed E-state index contributed by atoms with van der Waals surface area (Å²) in [5, 5.41) is 10.6. The molecule has 0 fully saturated rings. The molecule has 0 aliphatic carbocycles. The van der Waals surface area contributed by atoms with Crippen molar-refractivity contribution in [1.29, 1.82) is 0 Å². The molecule has 0 radical (unpaired) electrons. The van der Waals surface area contributed by atoms with Crippen LogP contribution in [0.1, 0.15) is 5.69 Å². The molecular weight excluding hydrogens is 279 g/mol. The summed E-state index contributed by atoms with van der Waals surface area (Å²) in [4.78, 5) is 12.7. The molecule has 1 aromatic heterocycles. The fourth-order valence-electron chi connectivity index (χ4n) is 1.62.